The molecule has 34 heavy (non-hydrogen) atoms. The van der Waals surface area contributed by atoms with Gasteiger partial charge in [0.25, 0.3) is 0 Å². The fourth-order valence-electron chi connectivity index (χ4n) is 4.08. The summed E-state index contributed by atoms with van der Waals surface area (Å²) in [4.78, 5) is 0.155. The summed E-state index contributed by atoms with van der Waals surface area (Å²) in [6.07, 6.45) is 2.32. The molecule has 0 saturated heterocycles. The van der Waals surface area contributed by atoms with Crippen molar-refractivity contribution in [3.8, 4) is 5.75 Å². The molecule has 1 aromatic heterocycles. The van der Waals surface area contributed by atoms with E-state index < -0.39 is 16.1 Å². The van der Waals surface area contributed by atoms with Gasteiger partial charge >= 0.3 is 0 Å². The number of rotatable bonds is 6. The van der Waals surface area contributed by atoms with Crippen molar-refractivity contribution >= 4 is 26.0 Å². The molecule has 3 aromatic carbocycles. The van der Waals surface area contributed by atoms with Crippen molar-refractivity contribution in [2.75, 3.05) is 6.61 Å². The second-order valence-electron chi connectivity index (χ2n) is 8.19. The third kappa shape index (κ3) is 4.91. The molecule has 0 saturated carbocycles. The normalized spacial score (nSPS) is 17.5. The highest BCUT2D eigenvalue weighted by atomic mass is 79.9. The van der Waals surface area contributed by atoms with Crippen LogP contribution in [0.3, 0.4) is 0 Å². The summed E-state index contributed by atoms with van der Waals surface area (Å²) in [5.74, 6) is 0.350. The van der Waals surface area contributed by atoms with E-state index in [1.807, 2.05) is 60.7 Å². The Morgan fingerprint density at radius 2 is 1.65 bits per heavy atom. The van der Waals surface area contributed by atoms with Gasteiger partial charge in [0, 0.05) is 4.47 Å². The van der Waals surface area contributed by atoms with Gasteiger partial charge in [0.1, 0.15) is 17.3 Å². The number of aromatic nitrogens is 3. The molecule has 0 fully saturated rings. The fourth-order valence-corrected chi connectivity index (χ4v) is 6.11. The Morgan fingerprint density at radius 1 is 0.941 bits per heavy atom. The lowest BCUT2D eigenvalue weighted by molar-refractivity contribution is 0.206. The van der Waals surface area contributed by atoms with Crippen LogP contribution >= 0.6 is 15.9 Å². The van der Waals surface area contributed by atoms with Crippen molar-refractivity contribution in [3.05, 3.63) is 106 Å². The molecule has 174 valence electrons. The number of halogens is 1. The van der Waals surface area contributed by atoms with Gasteiger partial charge < -0.3 is 4.74 Å². The van der Waals surface area contributed by atoms with E-state index in [0.717, 1.165) is 15.6 Å². The summed E-state index contributed by atoms with van der Waals surface area (Å²) in [6, 6.07) is 24.4. The largest absolute Gasteiger partial charge is 0.490 e. The number of ether oxygens (including phenoxy) is 1. The van der Waals surface area contributed by atoms with E-state index in [2.05, 4.69) is 26.2 Å². The van der Waals surface area contributed by atoms with Crippen molar-refractivity contribution in [1.82, 2.24) is 19.3 Å². The highest BCUT2D eigenvalue weighted by Crippen LogP contribution is 2.35. The molecule has 0 N–H and O–H groups in total. The Morgan fingerprint density at radius 3 is 2.38 bits per heavy atom. The maximum atomic E-state index is 13.8. The van der Waals surface area contributed by atoms with E-state index in [1.165, 1.54) is 4.31 Å². The van der Waals surface area contributed by atoms with E-state index >= 15 is 0 Å². The number of sulfonamides is 1. The molecule has 2 heterocycles. The Kier molecular flexibility index (Phi) is 6.49. The molecular formula is C25H23BrN4O3S. The molecule has 0 radical (unpaired) electrons. The van der Waals surface area contributed by atoms with Crippen LogP contribution in [0.4, 0.5) is 0 Å². The highest BCUT2D eigenvalue weighted by molar-refractivity contribution is 9.10. The average Bonchev–Trinajstić information content (AvgIpc) is 3.24. The van der Waals surface area contributed by atoms with Gasteiger partial charge in [-0.15, -0.1) is 5.10 Å². The third-order valence-electron chi connectivity index (χ3n) is 5.74. The summed E-state index contributed by atoms with van der Waals surface area (Å²) in [7, 11) is -3.84. The first-order chi connectivity index (χ1) is 16.5. The molecule has 7 nitrogen and oxygen atoms in total. The zero-order valence-corrected chi connectivity index (χ0v) is 20.7. The number of nitrogens with zero attached hydrogens (tertiary/aromatic N) is 4. The third-order valence-corrected chi connectivity index (χ3v) is 8.17. The minimum atomic E-state index is -3.84. The average molecular weight is 539 g/mol. The van der Waals surface area contributed by atoms with Crippen LogP contribution in [0.5, 0.6) is 5.75 Å². The van der Waals surface area contributed by atoms with Crippen LogP contribution < -0.4 is 4.74 Å². The lowest BCUT2D eigenvalue weighted by Gasteiger charge is -2.27. The minimum Gasteiger partial charge on any atom is -0.490 e. The van der Waals surface area contributed by atoms with Gasteiger partial charge in [-0.1, -0.05) is 81.8 Å². The van der Waals surface area contributed by atoms with Crippen molar-refractivity contribution < 1.29 is 13.2 Å². The van der Waals surface area contributed by atoms with E-state index in [4.69, 9.17) is 4.74 Å². The first-order valence-corrected chi connectivity index (χ1v) is 13.1. The fraction of sp³-hybridized carbons (Fsp3) is 0.200. The smallest absolute Gasteiger partial charge is 0.247 e. The van der Waals surface area contributed by atoms with E-state index in [0.29, 0.717) is 24.4 Å². The number of hydrogen-bond donors (Lipinski definition) is 0. The number of fused-ring (bicyclic) bond motifs is 1. The maximum Gasteiger partial charge on any atom is 0.247 e. The molecule has 5 rings (SSSR count). The van der Waals surface area contributed by atoms with Crippen molar-refractivity contribution in [1.29, 1.82) is 0 Å². The topological polar surface area (TPSA) is 77.3 Å². The quantitative estimate of drug-likeness (QED) is 0.366. The molecule has 0 amide bonds. The second kappa shape index (κ2) is 9.69. The van der Waals surface area contributed by atoms with Crippen LogP contribution in [0.1, 0.15) is 16.8 Å². The van der Waals surface area contributed by atoms with Gasteiger partial charge in [-0.25, -0.2) is 13.1 Å². The lowest BCUT2D eigenvalue weighted by atomic mass is 10.1. The summed E-state index contributed by atoms with van der Waals surface area (Å²) in [6.45, 7) is 0.900. The predicted octanol–water partition coefficient (Wildman–Crippen LogP) is 4.28. The van der Waals surface area contributed by atoms with Gasteiger partial charge in [-0.2, -0.15) is 4.31 Å². The van der Waals surface area contributed by atoms with Crippen LogP contribution in [0, 0.1) is 0 Å². The monoisotopic (exact) mass is 538 g/mol. The van der Waals surface area contributed by atoms with Crippen molar-refractivity contribution in [2.45, 2.75) is 30.4 Å². The summed E-state index contributed by atoms with van der Waals surface area (Å²) in [5, 5.41) is 8.49. The molecule has 0 bridgehead atoms. The Labute approximate surface area is 207 Å². The summed E-state index contributed by atoms with van der Waals surface area (Å²) in [5.41, 5.74) is 2.71. The van der Waals surface area contributed by atoms with Gasteiger partial charge in [0.2, 0.25) is 10.0 Å². The molecule has 0 aliphatic carbocycles. The van der Waals surface area contributed by atoms with Gasteiger partial charge in [-0.05, 0) is 35.7 Å². The van der Waals surface area contributed by atoms with Crippen LogP contribution in [0.15, 0.2) is 94.4 Å². The van der Waals surface area contributed by atoms with E-state index in [-0.39, 0.29) is 18.0 Å². The van der Waals surface area contributed by atoms with Crippen molar-refractivity contribution in [2.24, 2.45) is 0 Å². The molecule has 1 atom stereocenters. The van der Waals surface area contributed by atoms with E-state index in [1.54, 1.807) is 29.1 Å². The number of benzene rings is 3. The Balaban J connectivity index is 1.47. The molecule has 9 heteroatoms. The summed E-state index contributed by atoms with van der Waals surface area (Å²) >= 11 is 3.41. The van der Waals surface area contributed by atoms with Gasteiger partial charge in [-0.3, -0.25) is 0 Å². The molecule has 0 spiro atoms. The maximum absolute atomic E-state index is 13.8. The molecule has 0 unspecified atom stereocenters. The van der Waals surface area contributed by atoms with Crippen LogP contribution in [0.25, 0.3) is 0 Å². The van der Waals surface area contributed by atoms with Crippen LogP contribution in [-0.4, -0.2) is 40.4 Å². The molecular weight excluding hydrogens is 516 g/mol. The van der Waals surface area contributed by atoms with Crippen LogP contribution in [-0.2, 0) is 29.5 Å². The Hall–Kier alpha value is -3.01. The zero-order chi connectivity index (χ0) is 23.5. The van der Waals surface area contributed by atoms with Crippen LogP contribution in [0.2, 0.25) is 0 Å². The Bertz CT molecular complexity index is 1380. The molecule has 1 aliphatic rings. The second-order valence-corrected chi connectivity index (χ2v) is 11.0. The SMILES string of the molecule is O=S1(=O)c2ccc(Br)cc2OC[C@H](Cc2ccccc2)N1Cc1cn(Cc2ccccc2)nn1. The predicted molar refractivity (Wildman–Crippen MR) is 132 cm³/mol. The van der Waals surface area contributed by atoms with E-state index in [9.17, 15) is 8.42 Å². The molecule has 1 aliphatic heterocycles. The summed E-state index contributed by atoms with van der Waals surface area (Å²) < 4.78 is 37.6. The zero-order valence-electron chi connectivity index (χ0n) is 18.3. The highest BCUT2D eigenvalue weighted by Gasteiger charge is 2.37. The first-order valence-electron chi connectivity index (χ1n) is 10.9. The standard InChI is InChI=1S/C25H23BrN4O3S/c26-21-11-12-25-24(14-21)33-18-23(13-19-7-3-1-4-8-19)30(34(25,31)32)17-22-16-29(28-27-22)15-20-9-5-2-6-10-20/h1-12,14,16,23H,13,15,17-18H2/t23-/m0/s1. The van der Waals surface area contributed by atoms with Gasteiger partial charge in [0.15, 0.2) is 0 Å². The first kappa shape index (κ1) is 22.8. The van der Waals surface area contributed by atoms with Crippen molar-refractivity contribution in [3.63, 3.8) is 0 Å². The molecule has 4 aromatic rings. The number of hydrogen-bond acceptors (Lipinski definition) is 5. The lowest BCUT2D eigenvalue weighted by Crippen LogP contribution is -2.42. The van der Waals surface area contributed by atoms with Gasteiger partial charge in [0.05, 0.1) is 31.0 Å². The minimum absolute atomic E-state index is 0.105.